The van der Waals surface area contributed by atoms with E-state index in [0.717, 1.165) is 0 Å². The molecule has 62 heavy (non-hydrogen) atoms. The normalized spacial score (nSPS) is 14.9. The molecule has 0 heterocycles. The van der Waals surface area contributed by atoms with E-state index >= 15 is 0 Å². The van der Waals surface area contributed by atoms with Gasteiger partial charge in [0.2, 0.25) is 47.3 Å². The number of unbranched alkanes of at least 4 members (excludes halogenated alkanes) is 2. The quantitative estimate of drug-likeness (QED) is 0.0283. The second-order valence-electron chi connectivity index (χ2n) is 15.2. The van der Waals surface area contributed by atoms with Gasteiger partial charge in [-0.05, 0) is 70.4 Å². The van der Waals surface area contributed by atoms with Gasteiger partial charge in [-0.15, -0.1) is 0 Å². The van der Waals surface area contributed by atoms with Crippen molar-refractivity contribution in [3.63, 3.8) is 0 Å². The Morgan fingerprint density at radius 1 is 0.532 bits per heavy atom. The summed E-state index contributed by atoms with van der Waals surface area (Å²) in [6, 6.07) is -7.62. The molecule has 0 aliphatic heterocycles. The number of carboxylic acids is 2. The molecule has 0 aliphatic carbocycles. The lowest BCUT2D eigenvalue weighted by atomic mass is 9.97. The molecular weight excluding hydrogens is 818 g/mol. The molecule has 0 fully saturated rings. The Hall–Kier alpha value is -5.46. The molecular formula is C38H69N11O13. The van der Waals surface area contributed by atoms with E-state index in [4.69, 9.17) is 17.2 Å². The fourth-order valence-electron chi connectivity index (χ4n) is 5.63. The number of nitrogens with one attached hydrogen (secondary N) is 8. The van der Waals surface area contributed by atoms with Crippen LogP contribution >= 0.6 is 0 Å². The molecule has 0 unspecified atom stereocenters. The van der Waals surface area contributed by atoms with Gasteiger partial charge in [0.15, 0.2) is 0 Å². The monoisotopic (exact) mass is 888 g/mol. The number of rotatable bonds is 32. The maximum atomic E-state index is 13.3. The Labute approximate surface area is 361 Å². The first kappa shape index (κ1) is 56.5. The van der Waals surface area contributed by atoms with Crippen LogP contribution in [-0.4, -0.2) is 150 Å². The van der Waals surface area contributed by atoms with Crippen LogP contribution in [0, 0.1) is 11.8 Å². The third-order valence-corrected chi connectivity index (χ3v) is 9.58. The van der Waals surface area contributed by atoms with Gasteiger partial charge >= 0.3 is 11.9 Å². The van der Waals surface area contributed by atoms with E-state index in [1.165, 1.54) is 6.92 Å². The lowest BCUT2D eigenvalue weighted by Gasteiger charge is -2.25. The number of aliphatic hydroxyl groups excluding tert-OH is 1. The lowest BCUT2D eigenvalue weighted by molar-refractivity contribution is -0.143. The van der Waals surface area contributed by atoms with Gasteiger partial charge in [0.05, 0.1) is 31.8 Å². The standard InChI is InChI=1S/C38H69N11O13/c1-6-21(4)31(49-33(56)23(41)11-7-9-15-39)36(59)44-17-26(51)45-25(13-14-29(54)55)35(58)43-19-28(53)48-32(22(5)50)37(60)46-24(12-8-10-16-40)34(57)42-18-27(52)47-30(20(2)3)38(61)62/h20-25,30-32,50H,6-19,39-41H2,1-5H3,(H,42,57)(H,43,58)(H,44,59)(H,45,51)(H,46,60)(H,47,52)(H,48,53)(H,49,56)(H,54,55)(H,61,62)/t21-,22+,23-,24-,25-,30-,31-,32-/m0/s1. The number of aliphatic hydroxyl groups is 1. The number of nitrogens with two attached hydrogens (primary N) is 3. The fraction of sp³-hybridized carbons (Fsp3) is 0.737. The van der Waals surface area contributed by atoms with Crippen molar-refractivity contribution in [2.45, 2.75) is 135 Å². The molecule has 354 valence electrons. The van der Waals surface area contributed by atoms with Gasteiger partial charge in [-0.1, -0.05) is 40.5 Å². The van der Waals surface area contributed by atoms with Gasteiger partial charge in [-0.3, -0.25) is 43.2 Å². The number of hydrogen-bond acceptors (Lipinski definition) is 14. The molecule has 0 saturated carbocycles. The Balaban J connectivity index is 5.62. The van der Waals surface area contributed by atoms with Crippen LogP contribution in [0.15, 0.2) is 0 Å². The highest BCUT2D eigenvalue weighted by molar-refractivity contribution is 5.96. The Morgan fingerprint density at radius 3 is 1.45 bits per heavy atom. The van der Waals surface area contributed by atoms with Crippen molar-refractivity contribution in [2.24, 2.45) is 29.0 Å². The van der Waals surface area contributed by atoms with E-state index in [9.17, 15) is 63.3 Å². The zero-order chi connectivity index (χ0) is 47.5. The first-order chi connectivity index (χ1) is 29.1. The minimum absolute atomic E-state index is 0.0312. The smallest absolute Gasteiger partial charge is 0.326 e. The van der Waals surface area contributed by atoms with Crippen molar-refractivity contribution >= 4 is 59.2 Å². The van der Waals surface area contributed by atoms with E-state index in [0.29, 0.717) is 45.1 Å². The van der Waals surface area contributed by atoms with Crippen molar-refractivity contribution < 1.29 is 63.3 Å². The molecule has 0 spiro atoms. The zero-order valence-electron chi connectivity index (χ0n) is 36.3. The first-order valence-corrected chi connectivity index (χ1v) is 20.7. The summed E-state index contributed by atoms with van der Waals surface area (Å²) in [6.07, 6.45) is 0.380. The maximum absolute atomic E-state index is 13.3. The Kier molecular flexibility index (Phi) is 27.9. The highest BCUT2D eigenvalue weighted by Gasteiger charge is 2.32. The zero-order valence-corrected chi connectivity index (χ0v) is 36.3. The van der Waals surface area contributed by atoms with Gasteiger partial charge < -0.3 is 75.1 Å². The average molecular weight is 888 g/mol. The van der Waals surface area contributed by atoms with Gasteiger partial charge in [0, 0.05) is 6.42 Å². The Bertz CT molecular complexity index is 1520. The second kappa shape index (κ2) is 30.5. The van der Waals surface area contributed by atoms with Crippen LogP contribution in [0.4, 0.5) is 0 Å². The molecule has 8 atom stereocenters. The van der Waals surface area contributed by atoms with Crippen LogP contribution in [0.25, 0.3) is 0 Å². The van der Waals surface area contributed by atoms with E-state index in [1.807, 2.05) is 0 Å². The second-order valence-corrected chi connectivity index (χ2v) is 15.2. The molecule has 0 aromatic carbocycles. The summed E-state index contributed by atoms with van der Waals surface area (Å²) in [4.78, 5) is 126. The highest BCUT2D eigenvalue weighted by atomic mass is 16.4. The van der Waals surface area contributed by atoms with Crippen molar-refractivity contribution in [1.82, 2.24) is 42.5 Å². The average Bonchev–Trinajstić information content (AvgIpc) is 3.21. The van der Waals surface area contributed by atoms with Crippen molar-refractivity contribution in [3.8, 4) is 0 Å². The van der Waals surface area contributed by atoms with Crippen LogP contribution in [0.2, 0.25) is 0 Å². The number of carbonyl (C=O) groups excluding carboxylic acids is 8. The molecule has 0 rings (SSSR count). The molecule has 0 aromatic rings. The molecule has 24 nitrogen and oxygen atoms in total. The van der Waals surface area contributed by atoms with Gasteiger partial charge in [0.1, 0.15) is 30.2 Å². The SMILES string of the molecule is CC[C@H](C)[C@H](NC(=O)[C@@H](N)CCCCN)C(=O)NCC(=O)N[C@@H](CCC(=O)O)C(=O)NCC(=O)N[C@H](C(=O)N[C@@H](CCCCN)C(=O)NCC(=O)N[C@H](C(=O)O)C(C)C)[C@@H](C)O. The number of amides is 8. The van der Waals surface area contributed by atoms with Crippen LogP contribution in [-0.2, 0) is 47.9 Å². The summed E-state index contributed by atoms with van der Waals surface area (Å²) >= 11 is 0. The number of carboxylic acid groups (broad SMARTS) is 2. The Morgan fingerprint density at radius 2 is 1.00 bits per heavy atom. The molecule has 0 saturated heterocycles. The summed E-state index contributed by atoms with van der Waals surface area (Å²) in [6.45, 7) is 6.41. The van der Waals surface area contributed by atoms with Gasteiger partial charge in [0.25, 0.3) is 0 Å². The van der Waals surface area contributed by atoms with E-state index in [1.54, 1.807) is 27.7 Å². The maximum Gasteiger partial charge on any atom is 0.326 e. The predicted octanol–water partition coefficient (Wildman–Crippen LogP) is -4.62. The van der Waals surface area contributed by atoms with E-state index < -0.39 is 140 Å². The summed E-state index contributed by atoms with van der Waals surface area (Å²) < 4.78 is 0. The van der Waals surface area contributed by atoms with E-state index in [-0.39, 0.29) is 18.9 Å². The van der Waals surface area contributed by atoms with Crippen LogP contribution in [0.3, 0.4) is 0 Å². The van der Waals surface area contributed by atoms with Crippen LogP contribution in [0.5, 0.6) is 0 Å². The minimum Gasteiger partial charge on any atom is -0.481 e. The topological polar surface area (TPSA) is 406 Å². The molecule has 17 N–H and O–H groups in total. The third-order valence-electron chi connectivity index (χ3n) is 9.58. The molecule has 0 radical (unpaired) electrons. The van der Waals surface area contributed by atoms with Crippen LogP contribution < -0.4 is 59.7 Å². The largest absolute Gasteiger partial charge is 0.481 e. The molecule has 0 aliphatic rings. The number of carbonyl (C=O) groups is 10. The van der Waals surface area contributed by atoms with Crippen molar-refractivity contribution in [2.75, 3.05) is 32.7 Å². The predicted molar refractivity (Wildman–Crippen MR) is 223 cm³/mol. The van der Waals surface area contributed by atoms with Crippen LogP contribution in [0.1, 0.15) is 92.4 Å². The number of aliphatic carboxylic acids is 2. The summed E-state index contributed by atoms with van der Waals surface area (Å²) in [5, 5.41) is 47.7. The molecule has 0 aromatic heterocycles. The molecule has 8 amide bonds. The lowest BCUT2D eigenvalue weighted by Crippen LogP contribution is -2.59. The molecule has 0 bridgehead atoms. The fourth-order valence-corrected chi connectivity index (χ4v) is 5.63. The summed E-state index contributed by atoms with van der Waals surface area (Å²) in [7, 11) is 0. The highest BCUT2D eigenvalue weighted by Crippen LogP contribution is 2.10. The summed E-state index contributed by atoms with van der Waals surface area (Å²) in [5.74, 6) is -10.2. The first-order valence-electron chi connectivity index (χ1n) is 20.7. The summed E-state index contributed by atoms with van der Waals surface area (Å²) in [5.41, 5.74) is 17.0. The van der Waals surface area contributed by atoms with Crippen molar-refractivity contribution in [1.29, 1.82) is 0 Å². The minimum atomic E-state index is -1.67. The van der Waals surface area contributed by atoms with Gasteiger partial charge in [-0.25, -0.2) is 4.79 Å². The third kappa shape index (κ3) is 22.9. The van der Waals surface area contributed by atoms with Crippen molar-refractivity contribution in [3.05, 3.63) is 0 Å². The number of hydrogen-bond donors (Lipinski definition) is 14. The van der Waals surface area contributed by atoms with Gasteiger partial charge in [-0.2, -0.15) is 0 Å². The molecule has 24 heteroatoms. The van der Waals surface area contributed by atoms with E-state index in [2.05, 4.69) is 42.5 Å².